The average molecular weight is 310 g/mol. The van der Waals surface area contributed by atoms with Crippen molar-refractivity contribution in [2.24, 2.45) is 0 Å². The highest BCUT2D eigenvalue weighted by Gasteiger charge is 2.22. The molecule has 0 saturated heterocycles. The molecule has 2 nitrogen and oxygen atoms in total. The Hall–Kier alpha value is -0.830. The number of halogens is 1. The van der Waals surface area contributed by atoms with Crippen LogP contribution >= 0.6 is 15.9 Å². The van der Waals surface area contributed by atoms with Crippen LogP contribution in [0.3, 0.4) is 0 Å². The second kappa shape index (κ2) is 6.37. The summed E-state index contributed by atoms with van der Waals surface area (Å²) in [5.74, 6) is 0.156. The normalized spacial score (nSPS) is 16.6. The first kappa shape index (κ1) is 13.6. The Bertz CT molecular complexity index is 395. The van der Waals surface area contributed by atoms with Crippen molar-refractivity contribution in [2.75, 3.05) is 7.05 Å². The van der Waals surface area contributed by atoms with Crippen molar-refractivity contribution in [3.8, 4) is 0 Å². The van der Waals surface area contributed by atoms with Crippen LogP contribution in [-0.2, 0) is 5.33 Å². The average Bonchev–Trinajstić information content (AvgIpc) is 2.47. The molecule has 0 radical (unpaired) electrons. The summed E-state index contributed by atoms with van der Waals surface area (Å²) in [6.45, 7) is 0. The maximum absolute atomic E-state index is 12.4. The van der Waals surface area contributed by atoms with Crippen molar-refractivity contribution in [3.05, 3.63) is 35.4 Å². The molecule has 1 aromatic carbocycles. The van der Waals surface area contributed by atoms with E-state index in [0.29, 0.717) is 6.04 Å². The lowest BCUT2D eigenvalue weighted by Crippen LogP contribution is -2.38. The molecule has 3 heteroatoms. The first-order valence-electron chi connectivity index (χ1n) is 6.64. The summed E-state index contributed by atoms with van der Waals surface area (Å²) in [4.78, 5) is 14.3. The number of hydrogen-bond acceptors (Lipinski definition) is 1. The van der Waals surface area contributed by atoms with Crippen molar-refractivity contribution in [1.29, 1.82) is 0 Å². The maximum atomic E-state index is 12.4. The quantitative estimate of drug-likeness (QED) is 0.773. The molecule has 1 saturated carbocycles. The Kier molecular flexibility index (Phi) is 4.81. The second-order valence-corrected chi connectivity index (χ2v) is 5.60. The Morgan fingerprint density at radius 2 is 1.83 bits per heavy atom. The second-order valence-electron chi connectivity index (χ2n) is 5.04. The third-order valence-corrected chi connectivity index (χ3v) is 4.45. The molecule has 1 amide bonds. The maximum Gasteiger partial charge on any atom is 0.253 e. The van der Waals surface area contributed by atoms with Gasteiger partial charge >= 0.3 is 0 Å². The van der Waals surface area contributed by atoms with Crippen LogP contribution in [-0.4, -0.2) is 23.9 Å². The van der Waals surface area contributed by atoms with Gasteiger partial charge in [-0.3, -0.25) is 4.79 Å². The molecule has 0 spiro atoms. The molecular weight excluding hydrogens is 290 g/mol. The number of nitrogens with zero attached hydrogens (tertiary/aromatic N) is 1. The molecule has 1 aromatic rings. The van der Waals surface area contributed by atoms with E-state index in [0.717, 1.165) is 23.7 Å². The van der Waals surface area contributed by atoms with E-state index in [1.165, 1.54) is 24.8 Å². The Labute approximate surface area is 117 Å². The van der Waals surface area contributed by atoms with Crippen molar-refractivity contribution in [2.45, 2.75) is 43.5 Å². The monoisotopic (exact) mass is 309 g/mol. The number of carbonyl (C=O) groups is 1. The lowest BCUT2D eigenvalue weighted by molar-refractivity contribution is 0.0696. The lowest BCUT2D eigenvalue weighted by atomic mass is 9.94. The van der Waals surface area contributed by atoms with E-state index in [1.807, 2.05) is 36.2 Å². The van der Waals surface area contributed by atoms with Crippen LogP contribution in [0, 0.1) is 0 Å². The van der Waals surface area contributed by atoms with Crippen molar-refractivity contribution >= 4 is 21.8 Å². The zero-order valence-corrected chi connectivity index (χ0v) is 12.4. The Morgan fingerprint density at radius 1 is 1.22 bits per heavy atom. The molecule has 98 valence electrons. The highest BCUT2D eigenvalue weighted by molar-refractivity contribution is 9.08. The topological polar surface area (TPSA) is 20.3 Å². The van der Waals surface area contributed by atoms with E-state index in [1.54, 1.807) is 0 Å². The molecule has 0 atom stereocenters. The molecule has 1 aliphatic carbocycles. The van der Waals surface area contributed by atoms with Crippen LogP contribution in [0.1, 0.15) is 48.0 Å². The predicted molar refractivity (Wildman–Crippen MR) is 78.0 cm³/mol. The van der Waals surface area contributed by atoms with Gasteiger partial charge in [-0.2, -0.15) is 0 Å². The molecule has 0 N–H and O–H groups in total. The van der Waals surface area contributed by atoms with Crippen LogP contribution in [0.2, 0.25) is 0 Å². The summed E-state index contributed by atoms with van der Waals surface area (Å²) in [5.41, 5.74) is 2.00. The first-order valence-corrected chi connectivity index (χ1v) is 7.76. The standard InChI is InChI=1S/C15H20BrNO/c1-17(14-5-3-2-4-6-14)15(18)13-9-7-12(11-16)8-10-13/h7-10,14H,2-6,11H2,1H3. The van der Waals surface area contributed by atoms with Gasteiger partial charge in [-0.05, 0) is 30.5 Å². The fraction of sp³-hybridized carbons (Fsp3) is 0.533. The third kappa shape index (κ3) is 3.14. The summed E-state index contributed by atoms with van der Waals surface area (Å²) < 4.78 is 0. The highest BCUT2D eigenvalue weighted by atomic mass is 79.9. The molecular formula is C15H20BrNO. The van der Waals surface area contributed by atoms with E-state index in [-0.39, 0.29) is 5.91 Å². The van der Waals surface area contributed by atoms with Crippen LogP contribution in [0.4, 0.5) is 0 Å². The number of carbonyl (C=O) groups excluding carboxylic acids is 1. The van der Waals surface area contributed by atoms with Gasteiger partial charge in [0.2, 0.25) is 0 Å². The van der Waals surface area contributed by atoms with E-state index in [4.69, 9.17) is 0 Å². The Balaban J connectivity index is 2.04. The number of alkyl halides is 1. The SMILES string of the molecule is CN(C(=O)c1ccc(CBr)cc1)C1CCCCC1. The summed E-state index contributed by atoms with van der Waals surface area (Å²) in [6.07, 6.45) is 6.14. The van der Waals surface area contributed by atoms with Crippen LogP contribution < -0.4 is 0 Å². The number of rotatable bonds is 3. The van der Waals surface area contributed by atoms with Crippen LogP contribution in [0.15, 0.2) is 24.3 Å². The van der Waals surface area contributed by atoms with Gasteiger partial charge in [0.25, 0.3) is 5.91 Å². The van der Waals surface area contributed by atoms with Crippen molar-refractivity contribution in [3.63, 3.8) is 0 Å². The summed E-state index contributed by atoms with van der Waals surface area (Å²) >= 11 is 3.42. The van der Waals surface area contributed by atoms with E-state index in [2.05, 4.69) is 15.9 Å². The molecule has 1 aliphatic rings. The number of amides is 1. The van der Waals surface area contributed by atoms with Gasteiger partial charge in [-0.25, -0.2) is 0 Å². The smallest absolute Gasteiger partial charge is 0.253 e. The molecule has 0 unspecified atom stereocenters. The first-order chi connectivity index (χ1) is 8.72. The molecule has 2 rings (SSSR count). The van der Waals surface area contributed by atoms with Crippen molar-refractivity contribution < 1.29 is 4.79 Å². The molecule has 0 aromatic heterocycles. The predicted octanol–water partition coefficient (Wildman–Crippen LogP) is 3.99. The van der Waals surface area contributed by atoms with Gasteiger partial charge < -0.3 is 4.90 Å². The summed E-state index contributed by atoms with van der Waals surface area (Å²) in [5, 5.41) is 0.833. The van der Waals surface area contributed by atoms with Gasteiger partial charge in [-0.1, -0.05) is 47.3 Å². The zero-order valence-electron chi connectivity index (χ0n) is 10.9. The van der Waals surface area contributed by atoms with Crippen LogP contribution in [0.25, 0.3) is 0 Å². The largest absolute Gasteiger partial charge is 0.339 e. The minimum absolute atomic E-state index is 0.156. The van der Waals surface area contributed by atoms with E-state index in [9.17, 15) is 4.79 Å². The molecule has 0 heterocycles. The van der Waals surface area contributed by atoms with Gasteiger partial charge in [-0.15, -0.1) is 0 Å². The molecule has 1 fully saturated rings. The Morgan fingerprint density at radius 3 is 2.39 bits per heavy atom. The minimum Gasteiger partial charge on any atom is -0.339 e. The molecule has 18 heavy (non-hydrogen) atoms. The third-order valence-electron chi connectivity index (χ3n) is 3.80. The minimum atomic E-state index is 0.156. The lowest BCUT2D eigenvalue weighted by Gasteiger charge is -2.31. The fourth-order valence-corrected chi connectivity index (χ4v) is 2.95. The molecule has 0 bridgehead atoms. The van der Waals surface area contributed by atoms with Gasteiger partial charge in [0.05, 0.1) is 0 Å². The number of hydrogen-bond donors (Lipinski definition) is 0. The molecule has 0 aliphatic heterocycles. The van der Waals surface area contributed by atoms with E-state index < -0.39 is 0 Å². The van der Waals surface area contributed by atoms with E-state index >= 15 is 0 Å². The van der Waals surface area contributed by atoms with Crippen LogP contribution in [0.5, 0.6) is 0 Å². The summed E-state index contributed by atoms with van der Waals surface area (Å²) in [6, 6.07) is 8.31. The van der Waals surface area contributed by atoms with Gasteiger partial charge in [0.15, 0.2) is 0 Å². The van der Waals surface area contributed by atoms with Gasteiger partial charge in [0.1, 0.15) is 0 Å². The highest BCUT2D eigenvalue weighted by Crippen LogP contribution is 2.23. The number of benzene rings is 1. The van der Waals surface area contributed by atoms with Crippen molar-refractivity contribution in [1.82, 2.24) is 4.90 Å². The summed E-state index contributed by atoms with van der Waals surface area (Å²) in [7, 11) is 1.94. The fourth-order valence-electron chi connectivity index (χ4n) is 2.57. The zero-order chi connectivity index (χ0) is 13.0. The van der Waals surface area contributed by atoms with Gasteiger partial charge in [0, 0.05) is 24.0 Å².